The summed E-state index contributed by atoms with van der Waals surface area (Å²) in [4.78, 5) is 0. The van der Waals surface area contributed by atoms with Gasteiger partial charge in [0.15, 0.2) is 0 Å². The molecule has 2 rings (SSSR count). The smallest absolute Gasteiger partial charge is 0.134 e. The minimum atomic E-state index is -0.217. The van der Waals surface area contributed by atoms with E-state index in [9.17, 15) is 4.39 Å². The fourth-order valence-corrected chi connectivity index (χ4v) is 1.98. The highest BCUT2D eigenvalue weighted by Gasteiger charge is 2.08. The Morgan fingerprint density at radius 3 is 2.94 bits per heavy atom. The summed E-state index contributed by atoms with van der Waals surface area (Å²) in [6.45, 7) is 6.23. The molecule has 0 saturated carbocycles. The van der Waals surface area contributed by atoms with E-state index in [1.54, 1.807) is 6.07 Å². The molecule has 1 aromatic heterocycles. The molecule has 0 amide bonds. The van der Waals surface area contributed by atoms with Crippen LogP contribution in [-0.4, -0.2) is 13.1 Å². The number of nitrogens with one attached hydrogen (secondary N) is 1. The number of halogens is 1. The average molecular weight is 235 g/mol. The SMILES string of the molecule is CCNCC(C)Cc1cc2cc(F)ccc2o1. The Hall–Kier alpha value is -1.35. The summed E-state index contributed by atoms with van der Waals surface area (Å²) >= 11 is 0. The van der Waals surface area contributed by atoms with Crippen molar-refractivity contribution < 1.29 is 8.81 Å². The Balaban J connectivity index is 2.08. The zero-order valence-corrected chi connectivity index (χ0v) is 10.3. The zero-order chi connectivity index (χ0) is 12.3. The van der Waals surface area contributed by atoms with Gasteiger partial charge in [-0.3, -0.25) is 0 Å². The lowest BCUT2D eigenvalue weighted by Gasteiger charge is -2.09. The third-order valence-corrected chi connectivity index (χ3v) is 2.82. The molecular weight excluding hydrogens is 217 g/mol. The van der Waals surface area contributed by atoms with Gasteiger partial charge in [0.05, 0.1) is 0 Å². The molecule has 0 aliphatic carbocycles. The van der Waals surface area contributed by atoms with Crippen molar-refractivity contribution in [2.45, 2.75) is 20.3 Å². The fraction of sp³-hybridized carbons (Fsp3) is 0.429. The van der Waals surface area contributed by atoms with Crippen molar-refractivity contribution >= 4 is 11.0 Å². The van der Waals surface area contributed by atoms with Gasteiger partial charge in [-0.05, 0) is 43.3 Å². The van der Waals surface area contributed by atoms with Crippen LogP contribution in [0.3, 0.4) is 0 Å². The first-order chi connectivity index (χ1) is 8.19. The van der Waals surface area contributed by atoms with Crippen molar-refractivity contribution in [1.82, 2.24) is 5.32 Å². The minimum Gasteiger partial charge on any atom is -0.461 e. The number of furan rings is 1. The van der Waals surface area contributed by atoms with Gasteiger partial charge in [-0.15, -0.1) is 0 Å². The molecule has 1 atom stereocenters. The molecule has 0 radical (unpaired) electrons. The molecule has 0 saturated heterocycles. The summed E-state index contributed by atoms with van der Waals surface area (Å²) in [5.41, 5.74) is 0.761. The van der Waals surface area contributed by atoms with E-state index in [0.717, 1.165) is 36.2 Å². The van der Waals surface area contributed by atoms with Crippen LogP contribution in [0.15, 0.2) is 28.7 Å². The number of hydrogen-bond donors (Lipinski definition) is 1. The second-order valence-corrected chi connectivity index (χ2v) is 4.51. The monoisotopic (exact) mass is 235 g/mol. The molecule has 17 heavy (non-hydrogen) atoms. The molecule has 1 N–H and O–H groups in total. The maximum Gasteiger partial charge on any atom is 0.134 e. The van der Waals surface area contributed by atoms with Crippen LogP contribution in [-0.2, 0) is 6.42 Å². The molecule has 0 fully saturated rings. The van der Waals surface area contributed by atoms with Crippen LogP contribution in [0.1, 0.15) is 19.6 Å². The van der Waals surface area contributed by atoms with Gasteiger partial charge in [0.25, 0.3) is 0 Å². The predicted octanol–water partition coefficient (Wildman–Crippen LogP) is 3.36. The van der Waals surface area contributed by atoms with Crippen molar-refractivity contribution in [1.29, 1.82) is 0 Å². The highest BCUT2D eigenvalue weighted by molar-refractivity contribution is 5.77. The van der Waals surface area contributed by atoms with E-state index in [1.165, 1.54) is 12.1 Å². The van der Waals surface area contributed by atoms with Gasteiger partial charge in [0.2, 0.25) is 0 Å². The van der Waals surface area contributed by atoms with Crippen LogP contribution in [0, 0.1) is 11.7 Å². The number of benzene rings is 1. The molecule has 1 unspecified atom stereocenters. The van der Waals surface area contributed by atoms with E-state index < -0.39 is 0 Å². The average Bonchev–Trinajstić information content (AvgIpc) is 2.67. The predicted molar refractivity (Wildman–Crippen MR) is 67.6 cm³/mol. The van der Waals surface area contributed by atoms with Crippen LogP contribution in [0.25, 0.3) is 11.0 Å². The summed E-state index contributed by atoms with van der Waals surface area (Å²) in [6.07, 6.45) is 0.878. The molecule has 92 valence electrons. The molecule has 3 heteroatoms. The summed E-state index contributed by atoms with van der Waals surface area (Å²) in [6, 6.07) is 6.55. The Kier molecular flexibility index (Phi) is 3.79. The van der Waals surface area contributed by atoms with Gasteiger partial charge in [-0.25, -0.2) is 4.39 Å². The van der Waals surface area contributed by atoms with E-state index in [0.29, 0.717) is 5.92 Å². The Morgan fingerprint density at radius 2 is 2.18 bits per heavy atom. The van der Waals surface area contributed by atoms with Crippen molar-refractivity contribution in [3.8, 4) is 0 Å². The first-order valence-corrected chi connectivity index (χ1v) is 6.07. The van der Waals surface area contributed by atoms with E-state index in [1.807, 2.05) is 6.07 Å². The van der Waals surface area contributed by atoms with Crippen LogP contribution >= 0.6 is 0 Å². The van der Waals surface area contributed by atoms with Gasteiger partial charge >= 0.3 is 0 Å². The van der Waals surface area contributed by atoms with E-state index in [4.69, 9.17) is 4.42 Å². The third-order valence-electron chi connectivity index (χ3n) is 2.82. The maximum absolute atomic E-state index is 13.0. The van der Waals surface area contributed by atoms with Crippen LogP contribution in [0.2, 0.25) is 0 Å². The van der Waals surface area contributed by atoms with Crippen molar-refractivity contribution in [2.75, 3.05) is 13.1 Å². The molecule has 1 heterocycles. The molecule has 0 aliphatic heterocycles. The Morgan fingerprint density at radius 1 is 1.35 bits per heavy atom. The lowest BCUT2D eigenvalue weighted by Crippen LogP contribution is -2.21. The second-order valence-electron chi connectivity index (χ2n) is 4.51. The molecule has 0 spiro atoms. The molecule has 0 aliphatic rings. The fourth-order valence-electron chi connectivity index (χ4n) is 1.98. The van der Waals surface area contributed by atoms with Gasteiger partial charge in [-0.1, -0.05) is 13.8 Å². The molecular formula is C14H18FNO. The van der Waals surface area contributed by atoms with Gasteiger partial charge in [-0.2, -0.15) is 0 Å². The topological polar surface area (TPSA) is 25.2 Å². The number of hydrogen-bond acceptors (Lipinski definition) is 2. The quantitative estimate of drug-likeness (QED) is 0.859. The normalized spacial score (nSPS) is 13.1. The molecule has 0 bridgehead atoms. The van der Waals surface area contributed by atoms with Crippen molar-refractivity contribution in [3.05, 3.63) is 35.8 Å². The first-order valence-electron chi connectivity index (χ1n) is 6.07. The van der Waals surface area contributed by atoms with Gasteiger partial charge in [0.1, 0.15) is 17.2 Å². The van der Waals surface area contributed by atoms with E-state index in [2.05, 4.69) is 19.2 Å². The van der Waals surface area contributed by atoms with Crippen molar-refractivity contribution in [3.63, 3.8) is 0 Å². The summed E-state index contributed by atoms with van der Waals surface area (Å²) in [7, 11) is 0. The molecule has 2 aromatic rings. The van der Waals surface area contributed by atoms with Crippen molar-refractivity contribution in [2.24, 2.45) is 5.92 Å². The maximum atomic E-state index is 13.0. The van der Waals surface area contributed by atoms with Crippen LogP contribution in [0.5, 0.6) is 0 Å². The van der Waals surface area contributed by atoms with Gasteiger partial charge < -0.3 is 9.73 Å². The van der Waals surface area contributed by atoms with Crippen LogP contribution < -0.4 is 5.32 Å². The molecule has 1 aromatic carbocycles. The van der Waals surface area contributed by atoms with Crippen LogP contribution in [0.4, 0.5) is 4.39 Å². The third kappa shape index (κ3) is 3.07. The first kappa shape index (κ1) is 12.1. The minimum absolute atomic E-state index is 0.217. The number of fused-ring (bicyclic) bond motifs is 1. The molecule has 2 nitrogen and oxygen atoms in total. The lowest BCUT2D eigenvalue weighted by molar-refractivity contribution is 0.458. The van der Waals surface area contributed by atoms with E-state index >= 15 is 0 Å². The largest absolute Gasteiger partial charge is 0.461 e. The lowest BCUT2D eigenvalue weighted by atomic mass is 10.1. The van der Waals surface area contributed by atoms with E-state index in [-0.39, 0.29) is 5.82 Å². The van der Waals surface area contributed by atoms with Gasteiger partial charge in [0, 0.05) is 11.8 Å². The zero-order valence-electron chi connectivity index (χ0n) is 10.3. The summed E-state index contributed by atoms with van der Waals surface area (Å²) in [5, 5.41) is 4.15. The summed E-state index contributed by atoms with van der Waals surface area (Å²) in [5.74, 6) is 1.22. The second kappa shape index (κ2) is 5.32. The highest BCUT2D eigenvalue weighted by Crippen LogP contribution is 2.22. The Bertz CT molecular complexity index is 492. The highest BCUT2D eigenvalue weighted by atomic mass is 19.1. The number of rotatable bonds is 5. The standard InChI is InChI=1S/C14H18FNO/c1-3-16-9-10(2)6-13-8-11-7-12(15)4-5-14(11)17-13/h4-5,7-8,10,16H,3,6,9H2,1-2H3. The Labute approximate surface area is 101 Å². The summed E-state index contributed by atoms with van der Waals surface area (Å²) < 4.78 is 18.7.